The van der Waals surface area contributed by atoms with Gasteiger partial charge in [0.25, 0.3) is 0 Å². The topological polar surface area (TPSA) is 95.9 Å². The third kappa shape index (κ3) is 3.66. The molecule has 2 fully saturated rings. The molecule has 1 saturated carbocycles. The van der Waals surface area contributed by atoms with Crippen LogP contribution >= 0.6 is 0 Å². The summed E-state index contributed by atoms with van der Waals surface area (Å²) >= 11 is 0. The number of likely N-dealkylation sites (tertiary alicyclic amines) is 1. The van der Waals surface area contributed by atoms with Gasteiger partial charge in [-0.3, -0.25) is 9.59 Å². The van der Waals surface area contributed by atoms with Gasteiger partial charge in [0.15, 0.2) is 0 Å². The van der Waals surface area contributed by atoms with E-state index in [1.54, 1.807) is 6.92 Å². The van der Waals surface area contributed by atoms with Gasteiger partial charge in [-0.15, -0.1) is 0 Å². The Hall–Kier alpha value is -1.63. The van der Waals surface area contributed by atoms with Crippen LogP contribution in [0.3, 0.4) is 0 Å². The van der Waals surface area contributed by atoms with Crippen LogP contribution in [0.2, 0.25) is 0 Å². The van der Waals surface area contributed by atoms with E-state index in [9.17, 15) is 19.5 Å². The molecule has 1 aliphatic heterocycles. The predicted molar refractivity (Wildman–Crippen MR) is 91.8 cm³/mol. The highest BCUT2D eigenvalue weighted by molar-refractivity contribution is 5.92. The molecule has 25 heavy (non-hydrogen) atoms. The van der Waals surface area contributed by atoms with E-state index in [-0.39, 0.29) is 35.7 Å². The maximum Gasteiger partial charge on any atom is 0.326 e. The predicted octanol–water partition coefficient (Wildman–Crippen LogP) is 1.12. The minimum Gasteiger partial charge on any atom is -0.480 e. The molecule has 0 aromatic carbocycles. The number of hydrogen-bond acceptors (Lipinski definition) is 4. The Morgan fingerprint density at radius 3 is 2.40 bits per heavy atom. The molecule has 0 spiro atoms. The molecular formula is C18H30N2O5. The number of piperidine rings is 1. The number of nitrogens with zero attached hydrogens (tertiary/aromatic N) is 1. The summed E-state index contributed by atoms with van der Waals surface area (Å²) in [6, 6.07) is -1.61. The lowest BCUT2D eigenvalue weighted by molar-refractivity contribution is -0.153. The van der Waals surface area contributed by atoms with Gasteiger partial charge in [0.1, 0.15) is 18.7 Å². The standard InChI is InChI=1S/C18H30N2O5/c1-7-25-9-11(21)19-14(17(2,3)4)15(22)20-8-10-12(18(10,5)6)13(20)16(23)24/h10,12-14H,7-9H2,1-6H3,(H,19,21)(H,23,24)/t10-,12-,13-,14?/m0/s1. The second-order valence-corrected chi connectivity index (χ2v) is 8.73. The molecule has 142 valence electrons. The number of carbonyl (C=O) groups excluding carboxylic acids is 2. The van der Waals surface area contributed by atoms with E-state index < -0.39 is 23.5 Å². The van der Waals surface area contributed by atoms with Crippen molar-refractivity contribution in [2.24, 2.45) is 22.7 Å². The second-order valence-electron chi connectivity index (χ2n) is 8.73. The van der Waals surface area contributed by atoms with Gasteiger partial charge in [-0.25, -0.2) is 4.79 Å². The third-order valence-electron chi connectivity index (χ3n) is 5.60. The molecule has 7 heteroatoms. The highest BCUT2D eigenvalue weighted by Gasteiger charge is 2.70. The quantitative estimate of drug-likeness (QED) is 0.745. The van der Waals surface area contributed by atoms with Crippen LogP contribution < -0.4 is 5.32 Å². The number of carbonyl (C=O) groups is 3. The number of amides is 2. The minimum absolute atomic E-state index is 0.0197. The van der Waals surface area contributed by atoms with Gasteiger partial charge in [-0.05, 0) is 23.7 Å². The molecule has 1 heterocycles. The monoisotopic (exact) mass is 354 g/mol. The van der Waals surface area contributed by atoms with E-state index in [0.29, 0.717) is 13.2 Å². The maximum absolute atomic E-state index is 13.1. The van der Waals surface area contributed by atoms with E-state index in [2.05, 4.69) is 5.32 Å². The number of aliphatic carboxylic acids is 1. The van der Waals surface area contributed by atoms with Crippen molar-refractivity contribution in [1.82, 2.24) is 10.2 Å². The zero-order chi connectivity index (χ0) is 19.2. The molecule has 2 aliphatic rings. The van der Waals surface area contributed by atoms with Crippen molar-refractivity contribution in [2.45, 2.75) is 53.6 Å². The number of hydrogen-bond donors (Lipinski definition) is 2. The van der Waals surface area contributed by atoms with E-state index in [4.69, 9.17) is 4.74 Å². The summed E-state index contributed by atoms with van der Waals surface area (Å²) in [5, 5.41) is 12.4. The number of nitrogens with one attached hydrogen (secondary N) is 1. The Morgan fingerprint density at radius 1 is 1.32 bits per heavy atom. The van der Waals surface area contributed by atoms with Crippen molar-refractivity contribution in [1.29, 1.82) is 0 Å². The van der Waals surface area contributed by atoms with Gasteiger partial charge in [0, 0.05) is 19.1 Å². The molecule has 0 aromatic rings. The Morgan fingerprint density at radius 2 is 1.92 bits per heavy atom. The fraction of sp³-hybridized carbons (Fsp3) is 0.833. The number of fused-ring (bicyclic) bond motifs is 1. The van der Waals surface area contributed by atoms with E-state index in [1.807, 2.05) is 34.6 Å². The van der Waals surface area contributed by atoms with E-state index in [1.165, 1.54) is 4.90 Å². The lowest BCUT2D eigenvalue weighted by Gasteiger charge is -2.36. The molecule has 1 saturated heterocycles. The Balaban J connectivity index is 2.17. The average molecular weight is 354 g/mol. The van der Waals surface area contributed by atoms with E-state index >= 15 is 0 Å². The molecule has 7 nitrogen and oxygen atoms in total. The van der Waals surface area contributed by atoms with Gasteiger partial charge < -0.3 is 20.1 Å². The van der Waals surface area contributed by atoms with Gasteiger partial charge in [-0.1, -0.05) is 34.6 Å². The number of rotatable bonds is 6. The smallest absolute Gasteiger partial charge is 0.326 e. The first-order chi connectivity index (χ1) is 11.4. The highest BCUT2D eigenvalue weighted by Crippen LogP contribution is 2.64. The van der Waals surface area contributed by atoms with Crippen molar-refractivity contribution in [3.63, 3.8) is 0 Å². The van der Waals surface area contributed by atoms with Crippen LogP contribution in [0.25, 0.3) is 0 Å². The van der Waals surface area contributed by atoms with E-state index in [0.717, 1.165) is 0 Å². The Labute approximate surface area is 149 Å². The zero-order valence-electron chi connectivity index (χ0n) is 16.0. The highest BCUT2D eigenvalue weighted by atomic mass is 16.5. The third-order valence-corrected chi connectivity index (χ3v) is 5.60. The zero-order valence-corrected chi connectivity index (χ0v) is 16.0. The van der Waals surface area contributed by atoms with Gasteiger partial charge in [-0.2, -0.15) is 0 Å². The molecule has 1 aliphatic carbocycles. The molecule has 0 radical (unpaired) electrons. The summed E-state index contributed by atoms with van der Waals surface area (Å²) in [4.78, 5) is 38.4. The van der Waals surface area contributed by atoms with Gasteiger partial charge in [0.2, 0.25) is 11.8 Å². The van der Waals surface area contributed by atoms with Crippen LogP contribution in [0.5, 0.6) is 0 Å². The van der Waals surface area contributed by atoms with Gasteiger partial charge in [0.05, 0.1) is 0 Å². The normalized spacial score (nSPS) is 28.2. The fourth-order valence-corrected chi connectivity index (χ4v) is 4.01. The molecule has 4 atom stereocenters. The minimum atomic E-state index is -0.972. The van der Waals surface area contributed by atoms with Crippen LogP contribution in [0, 0.1) is 22.7 Å². The van der Waals surface area contributed by atoms with Crippen LogP contribution in [-0.2, 0) is 19.1 Å². The molecule has 2 amide bonds. The molecular weight excluding hydrogens is 324 g/mol. The lowest BCUT2D eigenvalue weighted by Crippen LogP contribution is -2.58. The first-order valence-electron chi connectivity index (χ1n) is 8.83. The van der Waals surface area contributed by atoms with Gasteiger partial charge >= 0.3 is 5.97 Å². The van der Waals surface area contributed by atoms with Crippen LogP contribution in [0.4, 0.5) is 0 Å². The summed E-state index contributed by atoms with van der Waals surface area (Å²) in [5.41, 5.74) is -0.584. The van der Waals surface area contributed by atoms with Crippen LogP contribution in [-0.4, -0.2) is 59.6 Å². The van der Waals surface area contributed by atoms with Crippen molar-refractivity contribution in [3.05, 3.63) is 0 Å². The Kier molecular flexibility index (Phi) is 5.19. The summed E-state index contributed by atoms with van der Waals surface area (Å²) in [7, 11) is 0. The van der Waals surface area contributed by atoms with Crippen molar-refractivity contribution >= 4 is 17.8 Å². The van der Waals surface area contributed by atoms with Crippen LogP contribution in [0.1, 0.15) is 41.5 Å². The van der Waals surface area contributed by atoms with Crippen LogP contribution in [0.15, 0.2) is 0 Å². The van der Waals surface area contributed by atoms with Crippen molar-refractivity contribution in [2.75, 3.05) is 19.8 Å². The number of ether oxygens (including phenoxy) is 1. The van der Waals surface area contributed by atoms with Crippen molar-refractivity contribution < 1.29 is 24.2 Å². The number of carboxylic acids is 1. The maximum atomic E-state index is 13.1. The summed E-state index contributed by atoms with van der Waals surface area (Å²) in [5.74, 6) is -1.48. The Bertz CT molecular complexity index is 566. The number of carboxylic acid groups (broad SMARTS) is 1. The molecule has 0 aromatic heterocycles. The first-order valence-corrected chi connectivity index (χ1v) is 8.83. The van der Waals surface area contributed by atoms with Crippen molar-refractivity contribution in [3.8, 4) is 0 Å². The molecule has 2 N–H and O–H groups in total. The second kappa shape index (κ2) is 6.59. The lowest BCUT2D eigenvalue weighted by atomic mass is 9.85. The molecule has 0 bridgehead atoms. The first kappa shape index (κ1) is 19.7. The molecule has 1 unspecified atom stereocenters. The summed E-state index contributed by atoms with van der Waals surface area (Å²) in [6.45, 7) is 12.2. The summed E-state index contributed by atoms with van der Waals surface area (Å²) in [6.07, 6.45) is 0. The SMILES string of the molecule is CCOCC(=O)NC(C(=O)N1C[C@H]2[C@@H]([C@H]1C(=O)O)C2(C)C)C(C)(C)C. The molecule has 2 rings (SSSR count). The average Bonchev–Trinajstić information content (AvgIpc) is 2.87. The largest absolute Gasteiger partial charge is 0.480 e. The summed E-state index contributed by atoms with van der Waals surface area (Å²) < 4.78 is 5.09. The fourth-order valence-electron chi connectivity index (χ4n) is 4.01.